The fraction of sp³-hybridized carbons (Fsp3) is 0.0667. The molecule has 0 fully saturated rings. The fourth-order valence-electron chi connectivity index (χ4n) is 2.26. The Morgan fingerprint density at radius 1 is 1.15 bits per heavy atom. The van der Waals surface area contributed by atoms with E-state index in [1.807, 2.05) is 13.0 Å². The smallest absolute Gasteiger partial charge is 0.356 e. The number of pyridine rings is 1. The van der Waals surface area contributed by atoms with Gasteiger partial charge in [-0.05, 0) is 43.3 Å². The third-order valence-corrected chi connectivity index (χ3v) is 3.19. The Balaban J connectivity index is 2.35. The summed E-state index contributed by atoms with van der Waals surface area (Å²) in [5.41, 5.74) is 2.22. The number of carboxylic acids is 1. The Kier molecular flexibility index (Phi) is 2.68. The number of carbonyl (C=O) groups is 1. The summed E-state index contributed by atoms with van der Waals surface area (Å²) in [6, 6.07) is 11.9. The molecule has 0 radical (unpaired) electrons. The minimum atomic E-state index is -1.06. The van der Waals surface area contributed by atoms with Crippen molar-refractivity contribution in [3.63, 3.8) is 0 Å². The van der Waals surface area contributed by atoms with Gasteiger partial charge in [0.1, 0.15) is 11.6 Å². The summed E-state index contributed by atoms with van der Waals surface area (Å²) in [4.78, 5) is 15.5. The van der Waals surface area contributed by atoms with E-state index in [4.69, 9.17) is 0 Å². The van der Waals surface area contributed by atoms with Crippen molar-refractivity contribution < 1.29 is 15.0 Å². The van der Waals surface area contributed by atoms with E-state index >= 15 is 0 Å². The molecule has 0 saturated heterocycles. The molecule has 2 N–H and O–H groups in total. The highest BCUT2D eigenvalue weighted by Crippen LogP contribution is 2.25. The largest absolute Gasteiger partial charge is 0.508 e. The Hall–Kier alpha value is -2.82. The van der Waals surface area contributed by atoms with Gasteiger partial charge in [-0.15, -0.1) is 0 Å². The average molecular weight is 268 g/mol. The number of phenols is 1. The molecule has 3 aromatic rings. The Morgan fingerprint density at radius 3 is 2.50 bits per heavy atom. The van der Waals surface area contributed by atoms with Gasteiger partial charge in [0.15, 0.2) is 5.69 Å². The summed E-state index contributed by atoms with van der Waals surface area (Å²) < 4.78 is 1.80. The molecule has 0 aliphatic carbocycles. The van der Waals surface area contributed by atoms with Crippen LogP contribution in [0, 0.1) is 6.92 Å². The number of imidazole rings is 1. The first-order chi connectivity index (χ1) is 9.58. The summed E-state index contributed by atoms with van der Waals surface area (Å²) in [6.07, 6.45) is 0. The summed E-state index contributed by atoms with van der Waals surface area (Å²) in [5.74, 6) is -0.349. The van der Waals surface area contributed by atoms with E-state index in [-0.39, 0.29) is 11.4 Å². The predicted molar refractivity (Wildman–Crippen MR) is 74.0 cm³/mol. The minimum Gasteiger partial charge on any atom is -0.508 e. The second-order valence-electron chi connectivity index (χ2n) is 4.52. The van der Waals surface area contributed by atoms with Crippen LogP contribution in [-0.2, 0) is 0 Å². The molecule has 0 saturated carbocycles. The van der Waals surface area contributed by atoms with E-state index in [1.54, 1.807) is 40.8 Å². The molecule has 5 nitrogen and oxygen atoms in total. The van der Waals surface area contributed by atoms with E-state index in [0.717, 1.165) is 11.3 Å². The zero-order valence-corrected chi connectivity index (χ0v) is 10.7. The number of hydrogen-bond acceptors (Lipinski definition) is 3. The first-order valence-electron chi connectivity index (χ1n) is 6.08. The van der Waals surface area contributed by atoms with Gasteiger partial charge < -0.3 is 10.2 Å². The van der Waals surface area contributed by atoms with Gasteiger partial charge in [0.2, 0.25) is 0 Å². The molecule has 20 heavy (non-hydrogen) atoms. The van der Waals surface area contributed by atoms with Crippen LogP contribution in [0.15, 0.2) is 42.5 Å². The maximum Gasteiger partial charge on any atom is 0.356 e. The van der Waals surface area contributed by atoms with Crippen molar-refractivity contribution in [2.75, 3.05) is 0 Å². The zero-order valence-electron chi connectivity index (χ0n) is 10.7. The molecule has 0 unspecified atom stereocenters. The first kappa shape index (κ1) is 12.2. The third kappa shape index (κ3) is 1.80. The van der Waals surface area contributed by atoms with Crippen LogP contribution in [0.5, 0.6) is 5.75 Å². The third-order valence-electron chi connectivity index (χ3n) is 3.19. The van der Waals surface area contributed by atoms with Gasteiger partial charge in [-0.25, -0.2) is 9.78 Å². The number of aromatic nitrogens is 2. The Morgan fingerprint density at radius 2 is 1.85 bits per heavy atom. The van der Waals surface area contributed by atoms with Crippen LogP contribution in [0.1, 0.15) is 16.2 Å². The lowest BCUT2D eigenvalue weighted by atomic mass is 10.2. The van der Waals surface area contributed by atoms with Crippen LogP contribution >= 0.6 is 0 Å². The molecule has 3 rings (SSSR count). The van der Waals surface area contributed by atoms with Gasteiger partial charge >= 0.3 is 5.97 Å². The van der Waals surface area contributed by atoms with Crippen molar-refractivity contribution in [3.8, 4) is 17.1 Å². The van der Waals surface area contributed by atoms with Crippen molar-refractivity contribution in [1.82, 2.24) is 9.38 Å². The predicted octanol–water partition coefficient (Wildman–Crippen LogP) is 2.71. The maximum absolute atomic E-state index is 11.3. The lowest BCUT2D eigenvalue weighted by Crippen LogP contribution is -1.97. The Bertz CT molecular complexity index is 804. The van der Waals surface area contributed by atoms with Crippen LogP contribution < -0.4 is 0 Å². The topological polar surface area (TPSA) is 74.8 Å². The monoisotopic (exact) mass is 268 g/mol. The van der Waals surface area contributed by atoms with E-state index in [2.05, 4.69) is 4.98 Å². The highest BCUT2D eigenvalue weighted by atomic mass is 16.4. The molecule has 2 heterocycles. The normalized spacial score (nSPS) is 10.8. The van der Waals surface area contributed by atoms with Crippen molar-refractivity contribution in [3.05, 3.63) is 53.9 Å². The second-order valence-corrected chi connectivity index (χ2v) is 4.52. The standard InChI is InChI=1S/C15H12N2O3/c1-9-3-2-4-12-13(15(19)20)16-14(17(9)12)10-5-7-11(18)8-6-10/h2-8,18H,1H3,(H,19,20). The van der Waals surface area contributed by atoms with Crippen LogP contribution in [0.3, 0.4) is 0 Å². The molecule has 0 atom stereocenters. The maximum atomic E-state index is 11.3. The van der Waals surface area contributed by atoms with E-state index in [9.17, 15) is 15.0 Å². The zero-order chi connectivity index (χ0) is 14.3. The molecule has 0 amide bonds. The number of carboxylic acid groups (broad SMARTS) is 1. The lowest BCUT2D eigenvalue weighted by Gasteiger charge is -2.05. The summed E-state index contributed by atoms with van der Waals surface area (Å²) >= 11 is 0. The molecule has 0 bridgehead atoms. The van der Waals surface area contributed by atoms with Crippen LogP contribution in [0.25, 0.3) is 16.9 Å². The highest BCUT2D eigenvalue weighted by molar-refractivity contribution is 5.95. The van der Waals surface area contributed by atoms with Gasteiger partial charge in [-0.3, -0.25) is 4.40 Å². The molecule has 5 heteroatoms. The Labute approximate surface area is 114 Å². The van der Waals surface area contributed by atoms with E-state index in [1.165, 1.54) is 0 Å². The summed E-state index contributed by atoms with van der Waals surface area (Å²) in [6.45, 7) is 1.89. The average Bonchev–Trinajstić information content (AvgIpc) is 2.81. The second kappa shape index (κ2) is 4.38. The van der Waals surface area contributed by atoms with Gasteiger partial charge in [0.25, 0.3) is 0 Å². The van der Waals surface area contributed by atoms with Crippen molar-refractivity contribution >= 4 is 11.5 Å². The van der Waals surface area contributed by atoms with Crippen LogP contribution in [-0.4, -0.2) is 25.6 Å². The number of aromatic hydroxyl groups is 1. The number of phenolic OH excluding ortho intramolecular Hbond substituents is 1. The van der Waals surface area contributed by atoms with E-state index in [0.29, 0.717) is 11.3 Å². The molecule has 1 aromatic carbocycles. The molecular formula is C15H12N2O3. The number of nitrogens with zero attached hydrogens (tertiary/aromatic N) is 2. The number of aromatic carboxylic acids is 1. The molecule has 0 aliphatic heterocycles. The molecular weight excluding hydrogens is 256 g/mol. The van der Waals surface area contributed by atoms with Gasteiger partial charge in [-0.2, -0.15) is 0 Å². The van der Waals surface area contributed by atoms with Crippen LogP contribution in [0.2, 0.25) is 0 Å². The molecule has 2 aromatic heterocycles. The van der Waals surface area contributed by atoms with E-state index < -0.39 is 5.97 Å². The van der Waals surface area contributed by atoms with Crippen LogP contribution in [0.4, 0.5) is 0 Å². The summed E-state index contributed by atoms with van der Waals surface area (Å²) in [5, 5.41) is 18.6. The fourth-order valence-corrected chi connectivity index (χ4v) is 2.26. The SMILES string of the molecule is Cc1cccc2c(C(=O)O)nc(-c3ccc(O)cc3)n12. The number of rotatable bonds is 2. The summed E-state index contributed by atoms with van der Waals surface area (Å²) in [7, 11) is 0. The van der Waals surface area contributed by atoms with Crippen molar-refractivity contribution in [1.29, 1.82) is 0 Å². The van der Waals surface area contributed by atoms with Gasteiger partial charge in [0, 0.05) is 11.3 Å². The number of aryl methyl sites for hydroxylation is 1. The number of benzene rings is 1. The highest BCUT2D eigenvalue weighted by Gasteiger charge is 2.18. The van der Waals surface area contributed by atoms with Crippen molar-refractivity contribution in [2.24, 2.45) is 0 Å². The first-order valence-corrected chi connectivity index (χ1v) is 6.08. The number of fused-ring (bicyclic) bond motifs is 1. The van der Waals surface area contributed by atoms with Gasteiger partial charge in [0.05, 0.1) is 5.52 Å². The molecule has 100 valence electrons. The quantitative estimate of drug-likeness (QED) is 0.749. The molecule has 0 aliphatic rings. The minimum absolute atomic E-state index is 0.0248. The lowest BCUT2D eigenvalue weighted by molar-refractivity contribution is 0.0693. The van der Waals surface area contributed by atoms with Crippen molar-refractivity contribution in [2.45, 2.75) is 6.92 Å². The molecule has 0 spiro atoms. The number of hydrogen-bond donors (Lipinski definition) is 2. The van der Waals surface area contributed by atoms with Gasteiger partial charge in [-0.1, -0.05) is 6.07 Å².